The summed E-state index contributed by atoms with van der Waals surface area (Å²) in [5.41, 5.74) is 0.895. The van der Waals surface area contributed by atoms with Gasteiger partial charge in [-0.15, -0.1) is 0 Å². The summed E-state index contributed by atoms with van der Waals surface area (Å²) in [7, 11) is 0. The summed E-state index contributed by atoms with van der Waals surface area (Å²) in [6.45, 7) is 11.0. The Labute approximate surface area is 114 Å². The number of carbonyl (C=O) groups is 2. The predicted octanol–water partition coefficient (Wildman–Crippen LogP) is 2.19. The summed E-state index contributed by atoms with van der Waals surface area (Å²) in [6, 6.07) is -0.898. The highest BCUT2D eigenvalue weighted by molar-refractivity contribution is 5.83. The normalized spacial score (nSPS) is 23.0. The Hall–Kier alpha value is -1.52. The van der Waals surface area contributed by atoms with Crippen LogP contribution < -0.4 is 0 Å². The fraction of sp³-hybridized carbons (Fsp3) is 0.714. The van der Waals surface area contributed by atoms with E-state index in [9.17, 15) is 14.7 Å². The van der Waals surface area contributed by atoms with Gasteiger partial charge < -0.3 is 14.9 Å². The third-order valence-electron chi connectivity index (χ3n) is 3.54. The highest BCUT2D eigenvalue weighted by Crippen LogP contribution is 2.24. The van der Waals surface area contributed by atoms with E-state index in [-0.39, 0.29) is 11.9 Å². The number of likely N-dealkylation sites (tertiary alicyclic amines) is 1. The summed E-state index contributed by atoms with van der Waals surface area (Å²) < 4.78 is 0. The highest BCUT2D eigenvalue weighted by atomic mass is 16.4. The van der Waals surface area contributed by atoms with E-state index in [1.165, 1.54) is 4.90 Å². The summed E-state index contributed by atoms with van der Waals surface area (Å²) in [5.74, 6) is -0.911. The zero-order chi connectivity index (χ0) is 14.6. The van der Waals surface area contributed by atoms with Crippen molar-refractivity contribution in [3.63, 3.8) is 0 Å². The lowest BCUT2D eigenvalue weighted by molar-refractivity contribution is -0.145. The molecular weight excluding hydrogens is 244 g/mol. The Morgan fingerprint density at radius 3 is 2.58 bits per heavy atom. The van der Waals surface area contributed by atoms with Gasteiger partial charge in [-0.2, -0.15) is 0 Å². The Morgan fingerprint density at radius 1 is 1.47 bits per heavy atom. The van der Waals surface area contributed by atoms with Crippen LogP contribution in [0.4, 0.5) is 4.79 Å². The molecule has 0 radical (unpaired) electrons. The largest absolute Gasteiger partial charge is 0.480 e. The molecule has 108 valence electrons. The fourth-order valence-corrected chi connectivity index (χ4v) is 2.60. The number of hydrogen-bond donors (Lipinski definition) is 1. The quantitative estimate of drug-likeness (QED) is 0.795. The van der Waals surface area contributed by atoms with Gasteiger partial charge in [0, 0.05) is 19.6 Å². The number of urea groups is 1. The molecule has 1 N–H and O–H groups in total. The molecule has 0 saturated carbocycles. The monoisotopic (exact) mass is 268 g/mol. The standard InChI is InChI=1S/C14H24N2O3/c1-5-15(9-10(2)3)14(19)16-8-6-7-11(4)12(16)13(17)18/h11-12H,2,5-9H2,1,3-4H3,(H,17,18). The average molecular weight is 268 g/mol. The number of hydrogen-bond acceptors (Lipinski definition) is 2. The first-order valence-electron chi connectivity index (χ1n) is 6.81. The molecule has 0 aromatic heterocycles. The lowest BCUT2D eigenvalue weighted by atomic mass is 9.91. The average Bonchev–Trinajstić information content (AvgIpc) is 2.34. The number of nitrogens with zero attached hydrogens (tertiary/aromatic N) is 2. The maximum atomic E-state index is 12.5. The van der Waals surface area contributed by atoms with Gasteiger partial charge in [0.15, 0.2) is 0 Å². The minimum absolute atomic E-state index is 0.00117. The van der Waals surface area contributed by atoms with E-state index in [1.54, 1.807) is 4.90 Å². The molecule has 2 amide bonds. The van der Waals surface area contributed by atoms with Crippen molar-refractivity contribution in [2.45, 2.75) is 39.7 Å². The smallest absolute Gasteiger partial charge is 0.326 e. The van der Waals surface area contributed by atoms with Crippen LogP contribution in [0.1, 0.15) is 33.6 Å². The number of amides is 2. The third kappa shape index (κ3) is 3.72. The SMILES string of the molecule is C=C(C)CN(CC)C(=O)N1CCCC(C)C1C(=O)O. The van der Waals surface area contributed by atoms with Crippen LogP contribution in [0.2, 0.25) is 0 Å². The lowest BCUT2D eigenvalue weighted by Crippen LogP contribution is -2.56. The molecule has 19 heavy (non-hydrogen) atoms. The molecule has 0 spiro atoms. The number of piperidine rings is 1. The van der Waals surface area contributed by atoms with Crippen molar-refractivity contribution < 1.29 is 14.7 Å². The van der Waals surface area contributed by atoms with Gasteiger partial charge in [-0.3, -0.25) is 0 Å². The molecule has 2 unspecified atom stereocenters. The molecule has 1 heterocycles. The van der Waals surface area contributed by atoms with Crippen molar-refractivity contribution in [3.05, 3.63) is 12.2 Å². The number of carboxylic acids is 1. The summed E-state index contributed by atoms with van der Waals surface area (Å²) >= 11 is 0. The van der Waals surface area contributed by atoms with Gasteiger partial charge in [-0.1, -0.05) is 19.1 Å². The van der Waals surface area contributed by atoms with E-state index in [0.29, 0.717) is 19.6 Å². The zero-order valence-corrected chi connectivity index (χ0v) is 12.1. The molecule has 5 nitrogen and oxygen atoms in total. The molecule has 2 atom stereocenters. The van der Waals surface area contributed by atoms with Gasteiger partial charge >= 0.3 is 12.0 Å². The maximum Gasteiger partial charge on any atom is 0.326 e. The molecular formula is C14H24N2O3. The van der Waals surface area contributed by atoms with Crippen LogP contribution in [0.25, 0.3) is 0 Å². The molecule has 0 bridgehead atoms. The Kier molecular flexibility index (Phi) is 5.39. The molecule has 0 aromatic rings. The van der Waals surface area contributed by atoms with E-state index in [2.05, 4.69) is 6.58 Å². The van der Waals surface area contributed by atoms with E-state index >= 15 is 0 Å². The maximum absolute atomic E-state index is 12.5. The van der Waals surface area contributed by atoms with Gasteiger partial charge in [-0.05, 0) is 32.6 Å². The molecule has 0 aromatic carbocycles. The molecule has 0 aliphatic carbocycles. The van der Waals surface area contributed by atoms with E-state index in [0.717, 1.165) is 18.4 Å². The number of rotatable bonds is 4. The van der Waals surface area contributed by atoms with Crippen LogP contribution in [-0.2, 0) is 4.79 Å². The van der Waals surface area contributed by atoms with E-state index < -0.39 is 12.0 Å². The van der Waals surface area contributed by atoms with Crippen molar-refractivity contribution in [3.8, 4) is 0 Å². The van der Waals surface area contributed by atoms with Crippen LogP contribution in [0.15, 0.2) is 12.2 Å². The zero-order valence-electron chi connectivity index (χ0n) is 12.1. The number of carbonyl (C=O) groups excluding carboxylic acids is 1. The number of carboxylic acid groups (broad SMARTS) is 1. The summed E-state index contributed by atoms with van der Waals surface area (Å²) in [4.78, 5) is 27.0. The van der Waals surface area contributed by atoms with Crippen LogP contribution in [-0.4, -0.2) is 52.6 Å². The summed E-state index contributed by atoms with van der Waals surface area (Å²) in [6.07, 6.45) is 1.72. The van der Waals surface area contributed by atoms with Gasteiger partial charge in [-0.25, -0.2) is 9.59 Å². The van der Waals surface area contributed by atoms with Gasteiger partial charge in [0.05, 0.1) is 0 Å². The van der Waals surface area contributed by atoms with Crippen LogP contribution in [0.3, 0.4) is 0 Å². The lowest BCUT2D eigenvalue weighted by Gasteiger charge is -2.40. The molecule has 1 rings (SSSR count). The number of aliphatic carboxylic acids is 1. The molecule has 1 aliphatic rings. The minimum Gasteiger partial charge on any atom is -0.480 e. The van der Waals surface area contributed by atoms with E-state index in [4.69, 9.17) is 0 Å². The summed E-state index contributed by atoms with van der Waals surface area (Å²) in [5, 5.41) is 9.33. The van der Waals surface area contributed by atoms with Crippen LogP contribution in [0.5, 0.6) is 0 Å². The first-order valence-corrected chi connectivity index (χ1v) is 6.81. The Morgan fingerprint density at radius 2 is 2.11 bits per heavy atom. The van der Waals surface area contributed by atoms with Gasteiger partial charge in [0.1, 0.15) is 6.04 Å². The van der Waals surface area contributed by atoms with Crippen LogP contribution >= 0.6 is 0 Å². The van der Waals surface area contributed by atoms with Crippen molar-refractivity contribution in [1.29, 1.82) is 0 Å². The third-order valence-corrected chi connectivity index (χ3v) is 3.54. The first-order chi connectivity index (χ1) is 8.88. The molecule has 5 heteroatoms. The van der Waals surface area contributed by atoms with Crippen molar-refractivity contribution >= 4 is 12.0 Å². The predicted molar refractivity (Wildman–Crippen MR) is 74.0 cm³/mol. The number of likely N-dealkylation sites (N-methyl/N-ethyl adjacent to an activating group) is 1. The first kappa shape index (κ1) is 15.5. The van der Waals surface area contributed by atoms with Crippen molar-refractivity contribution in [1.82, 2.24) is 9.80 Å². The van der Waals surface area contributed by atoms with Crippen LogP contribution in [0, 0.1) is 5.92 Å². The van der Waals surface area contributed by atoms with Crippen molar-refractivity contribution in [2.24, 2.45) is 5.92 Å². The second-order valence-corrected chi connectivity index (χ2v) is 5.35. The Bertz CT molecular complexity index is 368. The second kappa shape index (κ2) is 6.59. The fourth-order valence-electron chi connectivity index (χ4n) is 2.60. The molecule has 1 fully saturated rings. The van der Waals surface area contributed by atoms with Gasteiger partial charge in [0.25, 0.3) is 0 Å². The topological polar surface area (TPSA) is 60.9 Å². The highest BCUT2D eigenvalue weighted by Gasteiger charge is 2.38. The minimum atomic E-state index is -0.910. The van der Waals surface area contributed by atoms with E-state index in [1.807, 2.05) is 20.8 Å². The Balaban J connectivity index is 2.87. The molecule has 1 aliphatic heterocycles. The van der Waals surface area contributed by atoms with Crippen molar-refractivity contribution in [2.75, 3.05) is 19.6 Å². The molecule has 1 saturated heterocycles. The second-order valence-electron chi connectivity index (χ2n) is 5.35. The van der Waals surface area contributed by atoms with Gasteiger partial charge in [0.2, 0.25) is 0 Å².